The van der Waals surface area contributed by atoms with Gasteiger partial charge in [-0.3, -0.25) is 4.98 Å². The molecule has 4 heteroatoms. The zero-order valence-corrected chi connectivity index (χ0v) is 23.9. The lowest BCUT2D eigenvalue weighted by atomic mass is 9.98. The first-order valence-corrected chi connectivity index (χ1v) is 15.2. The highest BCUT2D eigenvalue weighted by atomic mass is 32.1. The lowest BCUT2D eigenvalue weighted by molar-refractivity contribution is 0.667. The molecule has 0 fully saturated rings. The Morgan fingerprint density at radius 2 is 1.26 bits per heavy atom. The van der Waals surface area contributed by atoms with Crippen molar-refractivity contribution in [3.05, 3.63) is 146 Å². The Kier molecular flexibility index (Phi) is 5.37. The average molecular weight is 569 g/mol. The van der Waals surface area contributed by atoms with Gasteiger partial charge in [0.15, 0.2) is 5.58 Å². The molecule has 0 bridgehead atoms. The van der Waals surface area contributed by atoms with Crippen molar-refractivity contribution in [2.75, 3.05) is 4.90 Å². The number of pyridine rings is 1. The third-order valence-electron chi connectivity index (χ3n) is 8.35. The van der Waals surface area contributed by atoms with E-state index < -0.39 is 0 Å². The summed E-state index contributed by atoms with van der Waals surface area (Å²) in [6.07, 6.45) is 3.62. The molecule has 9 aromatic rings. The second-order valence-electron chi connectivity index (χ2n) is 10.8. The third kappa shape index (κ3) is 3.92. The second-order valence-corrected chi connectivity index (χ2v) is 11.9. The molecule has 0 radical (unpaired) electrons. The summed E-state index contributed by atoms with van der Waals surface area (Å²) in [6, 6.07) is 47.9. The van der Waals surface area contributed by atoms with Crippen LogP contribution in [0.5, 0.6) is 0 Å². The summed E-state index contributed by atoms with van der Waals surface area (Å²) in [6.45, 7) is 0. The number of anilines is 3. The van der Waals surface area contributed by atoms with E-state index in [2.05, 4.69) is 137 Å². The molecule has 6 aromatic carbocycles. The molecule has 9 rings (SSSR count). The Bertz CT molecular complexity index is 2460. The Morgan fingerprint density at radius 1 is 0.512 bits per heavy atom. The lowest BCUT2D eigenvalue weighted by Crippen LogP contribution is -2.09. The van der Waals surface area contributed by atoms with Gasteiger partial charge in [0.05, 0.1) is 6.20 Å². The maximum Gasteiger partial charge on any atom is 0.153 e. The first kappa shape index (κ1) is 24.2. The molecule has 3 aromatic heterocycles. The number of thiophene rings is 1. The van der Waals surface area contributed by atoms with Crippen molar-refractivity contribution >= 4 is 81.3 Å². The number of benzene rings is 6. The van der Waals surface area contributed by atoms with E-state index in [1.807, 2.05) is 23.6 Å². The highest BCUT2D eigenvalue weighted by Gasteiger charge is 2.16. The van der Waals surface area contributed by atoms with Crippen molar-refractivity contribution in [2.24, 2.45) is 0 Å². The Hall–Kier alpha value is -5.45. The molecule has 0 unspecified atom stereocenters. The molecule has 3 nitrogen and oxygen atoms in total. The van der Waals surface area contributed by atoms with E-state index in [9.17, 15) is 0 Å². The number of hydrogen-bond acceptors (Lipinski definition) is 4. The van der Waals surface area contributed by atoms with Gasteiger partial charge in [0, 0.05) is 54.2 Å². The van der Waals surface area contributed by atoms with E-state index in [4.69, 9.17) is 4.42 Å². The number of nitrogens with zero attached hydrogens (tertiary/aromatic N) is 2. The van der Waals surface area contributed by atoms with Crippen LogP contribution in [-0.2, 0) is 0 Å². The summed E-state index contributed by atoms with van der Waals surface area (Å²) in [5, 5.41) is 7.21. The van der Waals surface area contributed by atoms with E-state index in [0.29, 0.717) is 0 Å². The zero-order valence-electron chi connectivity index (χ0n) is 23.1. The molecule has 202 valence electrons. The fraction of sp³-hybridized carbons (Fsp3) is 0. The van der Waals surface area contributed by atoms with Crippen molar-refractivity contribution in [3.8, 4) is 11.1 Å². The Morgan fingerprint density at radius 3 is 2.16 bits per heavy atom. The molecule has 0 aliphatic carbocycles. The fourth-order valence-electron chi connectivity index (χ4n) is 6.31. The highest BCUT2D eigenvalue weighted by Crippen LogP contribution is 2.41. The smallest absolute Gasteiger partial charge is 0.153 e. The maximum atomic E-state index is 6.11. The molecular weight excluding hydrogens is 545 g/mol. The van der Waals surface area contributed by atoms with Crippen LogP contribution in [0.2, 0.25) is 0 Å². The van der Waals surface area contributed by atoms with Crippen LogP contribution in [0.1, 0.15) is 0 Å². The van der Waals surface area contributed by atoms with E-state index in [-0.39, 0.29) is 0 Å². The van der Waals surface area contributed by atoms with Crippen LogP contribution < -0.4 is 4.90 Å². The number of rotatable bonds is 4. The number of aromatic nitrogens is 1. The zero-order chi connectivity index (χ0) is 28.3. The molecule has 0 atom stereocenters. The van der Waals surface area contributed by atoms with Crippen LogP contribution >= 0.6 is 11.3 Å². The molecular formula is C39H24N2OS. The van der Waals surface area contributed by atoms with Crippen molar-refractivity contribution in [1.29, 1.82) is 0 Å². The van der Waals surface area contributed by atoms with Crippen molar-refractivity contribution in [1.82, 2.24) is 4.98 Å². The summed E-state index contributed by atoms with van der Waals surface area (Å²) in [4.78, 5) is 6.59. The minimum Gasteiger partial charge on any atom is -0.454 e. The largest absolute Gasteiger partial charge is 0.454 e. The number of hydrogen-bond donors (Lipinski definition) is 0. The minimum atomic E-state index is 0.814. The summed E-state index contributed by atoms with van der Waals surface area (Å²) in [5.74, 6) is 0. The predicted molar refractivity (Wildman–Crippen MR) is 182 cm³/mol. The van der Waals surface area contributed by atoms with Crippen LogP contribution in [0, 0.1) is 0 Å². The van der Waals surface area contributed by atoms with Gasteiger partial charge < -0.3 is 9.32 Å². The van der Waals surface area contributed by atoms with Gasteiger partial charge in [0.1, 0.15) is 5.58 Å². The van der Waals surface area contributed by atoms with Crippen molar-refractivity contribution in [2.45, 2.75) is 0 Å². The first-order chi connectivity index (χ1) is 21.3. The summed E-state index contributed by atoms with van der Waals surface area (Å²) in [7, 11) is 0. The van der Waals surface area contributed by atoms with E-state index in [1.54, 1.807) is 6.20 Å². The van der Waals surface area contributed by atoms with E-state index in [1.165, 1.54) is 42.1 Å². The molecule has 0 aliphatic rings. The summed E-state index contributed by atoms with van der Waals surface area (Å²) < 4.78 is 8.73. The molecule has 43 heavy (non-hydrogen) atoms. The number of para-hydroxylation sites is 1. The molecule has 0 N–H and O–H groups in total. The quantitative estimate of drug-likeness (QED) is 0.211. The molecule has 0 spiro atoms. The van der Waals surface area contributed by atoms with Gasteiger partial charge in [-0.05, 0) is 88.6 Å². The highest BCUT2D eigenvalue weighted by molar-refractivity contribution is 7.25. The first-order valence-electron chi connectivity index (χ1n) is 14.4. The standard InChI is InChI=1S/C39H24N2OS/c1-2-6-28(7-3-1)41(30-17-19-38-34(23-30)31-8-4-5-9-37(31)43-38)29-15-12-25(13-16-29)27-11-10-26-14-18-35-39(33(26)22-27)32-20-21-40-24-36(32)42-35/h1-24H. The Labute approximate surface area is 251 Å². The molecule has 3 heterocycles. The van der Waals surface area contributed by atoms with Gasteiger partial charge >= 0.3 is 0 Å². The van der Waals surface area contributed by atoms with Gasteiger partial charge in [-0.15, -0.1) is 11.3 Å². The average Bonchev–Trinajstić information content (AvgIpc) is 3.64. The van der Waals surface area contributed by atoms with E-state index in [0.717, 1.165) is 39.0 Å². The van der Waals surface area contributed by atoms with Crippen LogP contribution in [0.4, 0.5) is 17.1 Å². The van der Waals surface area contributed by atoms with Crippen LogP contribution in [0.15, 0.2) is 150 Å². The van der Waals surface area contributed by atoms with Gasteiger partial charge in [-0.1, -0.05) is 66.7 Å². The predicted octanol–water partition coefficient (Wildman–Crippen LogP) is 11.6. The Balaban J connectivity index is 1.16. The lowest BCUT2D eigenvalue weighted by Gasteiger charge is -2.26. The third-order valence-corrected chi connectivity index (χ3v) is 9.50. The van der Waals surface area contributed by atoms with Crippen molar-refractivity contribution < 1.29 is 4.42 Å². The normalized spacial score (nSPS) is 11.7. The second kappa shape index (κ2) is 9.55. The molecule has 0 aliphatic heterocycles. The SMILES string of the molecule is c1ccc(N(c2ccc(-c3ccc4ccc5oc6cnccc6c5c4c3)cc2)c2ccc3sc4ccccc4c3c2)cc1. The van der Waals surface area contributed by atoms with Gasteiger partial charge in [-0.25, -0.2) is 0 Å². The maximum absolute atomic E-state index is 6.11. The minimum absolute atomic E-state index is 0.814. The number of fused-ring (bicyclic) bond motifs is 8. The van der Waals surface area contributed by atoms with Gasteiger partial charge in [0.25, 0.3) is 0 Å². The van der Waals surface area contributed by atoms with Crippen LogP contribution in [0.25, 0.3) is 64.0 Å². The molecule has 0 amide bonds. The summed E-state index contributed by atoms with van der Waals surface area (Å²) >= 11 is 1.85. The molecule has 0 saturated carbocycles. The molecule has 0 saturated heterocycles. The topological polar surface area (TPSA) is 29.3 Å². The monoisotopic (exact) mass is 568 g/mol. The van der Waals surface area contributed by atoms with Gasteiger partial charge in [-0.2, -0.15) is 0 Å². The van der Waals surface area contributed by atoms with E-state index >= 15 is 0 Å². The summed E-state index contributed by atoms with van der Waals surface area (Å²) in [5.41, 5.74) is 7.43. The van der Waals surface area contributed by atoms with Crippen molar-refractivity contribution in [3.63, 3.8) is 0 Å². The van der Waals surface area contributed by atoms with Crippen LogP contribution in [-0.4, -0.2) is 4.98 Å². The fourth-order valence-corrected chi connectivity index (χ4v) is 7.40. The van der Waals surface area contributed by atoms with Gasteiger partial charge in [0.2, 0.25) is 0 Å². The van der Waals surface area contributed by atoms with Crippen LogP contribution in [0.3, 0.4) is 0 Å². The number of furan rings is 1.